The molecule has 6 nitrogen and oxygen atoms in total. The second-order valence-electron chi connectivity index (χ2n) is 5.38. The molecule has 1 heterocycles. The Morgan fingerprint density at radius 3 is 2.65 bits per heavy atom. The third-order valence-electron chi connectivity index (χ3n) is 3.44. The summed E-state index contributed by atoms with van der Waals surface area (Å²) >= 11 is 6.14. The van der Waals surface area contributed by atoms with E-state index >= 15 is 0 Å². The fourth-order valence-electron chi connectivity index (χ4n) is 2.28. The molecule has 0 saturated carbocycles. The minimum absolute atomic E-state index is 0.142. The predicted octanol–water partition coefficient (Wildman–Crippen LogP) is 3.72. The molecule has 0 spiro atoms. The molecule has 0 bridgehead atoms. The Labute approximate surface area is 154 Å². The number of rotatable bonds is 6. The fourth-order valence-corrected chi connectivity index (χ4v) is 2.51. The molecule has 2 amide bonds. The van der Waals surface area contributed by atoms with E-state index in [4.69, 9.17) is 26.5 Å². The van der Waals surface area contributed by atoms with Crippen molar-refractivity contribution in [1.29, 1.82) is 0 Å². The Morgan fingerprint density at radius 2 is 1.88 bits per heavy atom. The number of carbonyl (C=O) groups is 2. The minimum atomic E-state index is -0.581. The molecule has 0 saturated heterocycles. The SMILES string of the molecule is NC(=O)COc1cccc(NC(=O)c2ccc(-c3ccccc3Cl)o2)c1. The highest BCUT2D eigenvalue weighted by Crippen LogP contribution is 2.29. The van der Waals surface area contributed by atoms with E-state index in [9.17, 15) is 9.59 Å². The quantitative estimate of drug-likeness (QED) is 0.691. The van der Waals surface area contributed by atoms with E-state index < -0.39 is 11.8 Å². The van der Waals surface area contributed by atoms with Crippen LogP contribution in [0.1, 0.15) is 10.6 Å². The molecule has 0 aliphatic carbocycles. The lowest BCUT2D eigenvalue weighted by atomic mass is 10.2. The van der Waals surface area contributed by atoms with Gasteiger partial charge in [-0.25, -0.2) is 0 Å². The third-order valence-corrected chi connectivity index (χ3v) is 3.77. The molecule has 0 atom stereocenters. The average Bonchev–Trinajstić information content (AvgIpc) is 3.11. The van der Waals surface area contributed by atoms with E-state index in [1.807, 2.05) is 18.2 Å². The van der Waals surface area contributed by atoms with Gasteiger partial charge >= 0.3 is 0 Å². The van der Waals surface area contributed by atoms with Crippen molar-refractivity contribution in [1.82, 2.24) is 0 Å². The number of anilines is 1. The molecule has 0 radical (unpaired) electrons. The van der Waals surface area contributed by atoms with E-state index in [0.717, 1.165) is 0 Å². The summed E-state index contributed by atoms with van der Waals surface area (Å²) in [6, 6.07) is 17.1. The van der Waals surface area contributed by atoms with Gasteiger partial charge in [-0.3, -0.25) is 9.59 Å². The smallest absolute Gasteiger partial charge is 0.291 e. The van der Waals surface area contributed by atoms with Crippen molar-refractivity contribution in [2.45, 2.75) is 0 Å². The number of furan rings is 1. The van der Waals surface area contributed by atoms with Gasteiger partial charge in [0.1, 0.15) is 11.5 Å². The van der Waals surface area contributed by atoms with Crippen molar-refractivity contribution in [3.8, 4) is 17.1 Å². The van der Waals surface area contributed by atoms with Crippen LogP contribution in [0.4, 0.5) is 5.69 Å². The maximum absolute atomic E-state index is 12.4. The molecule has 3 N–H and O–H groups in total. The van der Waals surface area contributed by atoms with Crippen molar-refractivity contribution >= 4 is 29.1 Å². The number of halogens is 1. The number of nitrogens with one attached hydrogen (secondary N) is 1. The molecule has 2 aromatic carbocycles. The Balaban J connectivity index is 1.72. The van der Waals surface area contributed by atoms with Gasteiger partial charge in [0.15, 0.2) is 12.4 Å². The summed E-state index contributed by atoms with van der Waals surface area (Å²) in [6.07, 6.45) is 0. The monoisotopic (exact) mass is 370 g/mol. The van der Waals surface area contributed by atoms with Gasteiger partial charge in [-0.1, -0.05) is 29.8 Å². The summed E-state index contributed by atoms with van der Waals surface area (Å²) in [5.74, 6) is 0.0537. The topological polar surface area (TPSA) is 94.6 Å². The van der Waals surface area contributed by atoms with Crippen LogP contribution in [-0.2, 0) is 4.79 Å². The molecule has 3 aromatic rings. The summed E-state index contributed by atoms with van der Waals surface area (Å²) in [4.78, 5) is 23.1. The first kappa shape index (κ1) is 17.6. The lowest BCUT2D eigenvalue weighted by Crippen LogP contribution is -2.20. The first-order valence-electron chi connectivity index (χ1n) is 7.70. The lowest BCUT2D eigenvalue weighted by molar-refractivity contribution is -0.119. The Hall–Kier alpha value is -3.25. The highest BCUT2D eigenvalue weighted by molar-refractivity contribution is 6.33. The standard InChI is InChI=1S/C19H15ClN2O4/c20-15-7-2-1-6-14(15)16-8-9-17(26-16)19(24)22-12-4-3-5-13(10-12)25-11-18(21)23/h1-10H,11H2,(H2,21,23)(H,22,24). The van der Waals surface area contributed by atoms with Crippen LogP contribution >= 0.6 is 11.6 Å². The third kappa shape index (κ3) is 4.23. The predicted molar refractivity (Wildman–Crippen MR) is 98.2 cm³/mol. The van der Waals surface area contributed by atoms with Crippen molar-refractivity contribution in [2.24, 2.45) is 5.73 Å². The van der Waals surface area contributed by atoms with Crippen molar-refractivity contribution in [2.75, 3.05) is 11.9 Å². The van der Waals surface area contributed by atoms with Crippen LogP contribution in [-0.4, -0.2) is 18.4 Å². The molecule has 0 unspecified atom stereocenters. The number of carbonyl (C=O) groups excluding carboxylic acids is 2. The molecule has 0 aliphatic heterocycles. The maximum atomic E-state index is 12.4. The highest BCUT2D eigenvalue weighted by Gasteiger charge is 2.14. The number of amides is 2. The zero-order valence-electron chi connectivity index (χ0n) is 13.6. The number of benzene rings is 2. The Kier molecular flexibility index (Phi) is 5.24. The molecular formula is C19H15ClN2O4. The van der Waals surface area contributed by atoms with Crippen LogP contribution in [0.3, 0.4) is 0 Å². The van der Waals surface area contributed by atoms with E-state index in [2.05, 4.69) is 5.32 Å². The second kappa shape index (κ2) is 7.76. The van der Waals surface area contributed by atoms with Crippen molar-refractivity contribution < 1.29 is 18.7 Å². The Morgan fingerprint density at radius 1 is 1.08 bits per heavy atom. The summed E-state index contributed by atoms with van der Waals surface area (Å²) in [6.45, 7) is -0.239. The number of ether oxygens (including phenoxy) is 1. The molecule has 0 aliphatic rings. The Bertz CT molecular complexity index is 952. The number of primary amides is 1. The van der Waals surface area contributed by atoms with Crippen LogP contribution in [0.15, 0.2) is 65.1 Å². The van der Waals surface area contributed by atoms with Gasteiger partial charge in [-0.05, 0) is 36.4 Å². The van der Waals surface area contributed by atoms with E-state index in [0.29, 0.717) is 27.8 Å². The van der Waals surface area contributed by atoms with Gasteiger partial charge in [-0.2, -0.15) is 0 Å². The van der Waals surface area contributed by atoms with Gasteiger partial charge in [0.05, 0.1) is 5.02 Å². The van der Waals surface area contributed by atoms with Gasteiger partial charge in [0.2, 0.25) is 0 Å². The van der Waals surface area contributed by atoms with Crippen LogP contribution in [0.25, 0.3) is 11.3 Å². The normalized spacial score (nSPS) is 10.3. The molecular weight excluding hydrogens is 356 g/mol. The minimum Gasteiger partial charge on any atom is -0.484 e. The van der Waals surface area contributed by atoms with Crippen LogP contribution in [0.5, 0.6) is 5.75 Å². The zero-order chi connectivity index (χ0) is 18.5. The lowest BCUT2D eigenvalue weighted by Gasteiger charge is -2.07. The van der Waals surface area contributed by atoms with E-state index in [1.54, 1.807) is 42.5 Å². The van der Waals surface area contributed by atoms with Crippen molar-refractivity contribution in [3.63, 3.8) is 0 Å². The first-order valence-corrected chi connectivity index (χ1v) is 8.08. The second-order valence-corrected chi connectivity index (χ2v) is 5.79. The largest absolute Gasteiger partial charge is 0.484 e. The molecule has 0 fully saturated rings. The van der Waals surface area contributed by atoms with E-state index in [1.165, 1.54) is 0 Å². The summed E-state index contributed by atoms with van der Waals surface area (Å²) in [5.41, 5.74) is 6.24. The zero-order valence-corrected chi connectivity index (χ0v) is 14.3. The van der Waals surface area contributed by atoms with Gasteiger partial charge in [0, 0.05) is 17.3 Å². The summed E-state index contributed by atoms with van der Waals surface area (Å²) in [5, 5.41) is 3.24. The van der Waals surface area contributed by atoms with Crippen LogP contribution in [0, 0.1) is 0 Å². The van der Waals surface area contributed by atoms with Gasteiger partial charge in [0.25, 0.3) is 11.8 Å². The highest BCUT2D eigenvalue weighted by atomic mass is 35.5. The van der Waals surface area contributed by atoms with Crippen LogP contribution in [0.2, 0.25) is 5.02 Å². The van der Waals surface area contributed by atoms with Gasteiger partial charge in [-0.15, -0.1) is 0 Å². The maximum Gasteiger partial charge on any atom is 0.291 e. The van der Waals surface area contributed by atoms with Gasteiger partial charge < -0.3 is 20.2 Å². The first-order chi connectivity index (χ1) is 12.5. The number of hydrogen-bond acceptors (Lipinski definition) is 4. The number of nitrogens with two attached hydrogens (primary N) is 1. The average molecular weight is 371 g/mol. The number of hydrogen-bond donors (Lipinski definition) is 2. The summed E-state index contributed by atoms with van der Waals surface area (Å²) < 4.78 is 10.8. The fraction of sp³-hybridized carbons (Fsp3) is 0.0526. The van der Waals surface area contributed by atoms with E-state index in [-0.39, 0.29) is 12.4 Å². The molecule has 1 aromatic heterocycles. The molecule has 7 heteroatoms. The summed E-state index contributed by atoms with van der Waals surface area (Å²) in [7, 11) is 0. The van der Waals surface area contributed by atoms with Crippen LogP contribution < -0.4 is 15.8 Å². The molecule has 3 rings (SSSR count). The molecule has 26 heavy (non-hydrogen) atoms. The van der Waals surface area contributed by atoms with Crippen molar-refractivity contribution in [3.05, 3.63) is 71.4 Å². The molecule has 132 valence electrons.